The number of nitrogens with one attached hydrogen (secondary N) is 2. The maximum atomic E-state index is 12.6. The third-order valence-corrected chi connectivity index (χ3v) is 6.99. The van der Waals surface area contributed by atoms with Crippen LogP contribution in [-0.2, 0) is 4.74 Å². The van der Waals surface area contributed by atoms with Crippen LogP contribution in [0.2, 0.25) is 0 Å². The Morgan fingerprint density at radius 1 is 1.08 bits per heavy atom. The highest BCUT2D eigenvalue weighted by Crippen LogP contribution is 2.30. The summed E-state index contributed by atoms with van der Waals surface area (Å²) in [5.41, 5.74) is 1.58. The summed E-state index contributed by atoms with van der Waals surface area (Å²) < 4.78 is 16.6. The first-order valence-corrected chi connectivity index (χ1v) is 13.3. The van der Waals surface area contributed by atoms with E-state index in [-0.39, 0.29) is 18.2 Å². The van der Waals surface area contributed by atoms with Gasteiger partial charge in [-0.1, -0.05) is 18.7 Å². The molecule has 2 N–H and O–H groups in total. The molecule has 1 heterocycles. The predicted molar refractivity (Wildman–Crippen MR) is 149 cm³/mol. The molecule has 2 fully saturated rings. The Hall–Kier alpha value is -3.13. The average molecular weight is 513 g/mol. The zero-order valence-corrected chi connectivity index (χ0v) is 23.1. The Morgan fingerprint density at radius 3 is 2.38 bits per heavy atom. The van der Waals surface area contributed by atoms with Gasteiger partial charge in [0.1, 0.15) is 17.3 Å². The molecule has 1 aliphatic heterocycles. The standard InChI is InChI=1S/C29H44N4O4/c1-7-8-9-27(37-21(2)3)22(4)32-16-18-33(19-17-32)24-12-10-23(11-13-24)30-29(34)31-26-15-14-25(35-5)20-28(26)36-6/h7-9,14-15,20-21,23-24H,4,10-13,16-19H2,1-3,5-6H3,(H2,30,31,34)/b8-7-,27-9+. The van der Waals surface area contributed by atoms with Gasteiger partial charge in [-0.25, -0.2) is 4.79 Å². The molecule has 37 heavy (non-hydrogen) atoms. The van der Waals surface area contributed by atoms with Crippen molar-refractivity contribution in [3.05, 3.63) is 54.5 Å². The lowest BCUT2D eigenvalue weighted by atomic mass is 9.90. The molecular weight excluding hydrogens is 468 g/mol. The lowest BCUT2D eigenvalue weighted by molar-refractivity contribution is 0.0802. The molecule has 1 saturated heterocycles. The molecule has 0 radical (unpaired) electrons. The first-order valence-electron chi connectivity index (χ1n) is 13.3. The van der Waals surface area contributed by atoms with Crippen LogP contribution < -0.4 is 20.1 Å². The number of allylic oxidation sites excluding steroid dienone is 3. The molecule has 204 valence electrons. The number of carbonyl (C=O) groups excluding carboxylic acids is 1. The fourth-order valence-corrected chi connectivity index (χ4v) is 4.98. The van der Waals surface area contributed by atoms with E-state index in [4.69, 9.17) is 14.2 Å². The number of rotatable bonds is 10. The molecule has 1 aromatic rings. The molecule has 3 rings (SSSR count). The summed E-state index contributed by atoms with van der Waals surface area (Å²) in [7, 11) is 3.18. The van der Waals surface area contributed by atoms with E-state index in [2.05, 4.69) is 27.0 Å². The van der Waals surface area contributed by atoms with E-state index in [0.29, 0.717) is 23.2 Å². The molecule has 1 aliphatic carbocycles. The largest absolute Gasteiger partial charge is 0.497 e. The minimum absolute atomic E-state index is 0.110. The maximum Gasteiger partial charge on any atom is 0.319 e. The Bertz CT molecular complexity index is 959. The topological polar surface area (TPSA) is 75.3 Å². The van der Waals surface area contributed by atoms with Crippen molar-refractivity contribution in [2.75, 3.05) is 45.7 Å². The van der Waals surface area contributed by atoms with Gasteiger partial charge >= 0.3 is 6.03 Å². The highest BCUT2D eigenvalue weighted by molar-refractivity contribution is 5.91. The second kappa shape index (κ2) is 14.0. The zero-order valence-electron chi connectivity index (χ0n) is 23.1. The summed E-state index contributed by atoms with van der Waals surface area (Å²) in [6, 6.07) is 5.87. The number of piperazine rings is 1. The number of methoxy groups -OCH3 is 2. The van der Waals surface area contributed by atoms with E-state index in [1.54, 1.807) is 32.4 Å². The number of benzene rings is 1. The summed E-state index contributed by atoms with van der Waals surface area (Å²) in [5, 5.41) is 6.05. The van der Waals surface area contributed by atoms with Gasteiger partial charge in [0, 0.05) is 44.3 Å². The van der Waals surface area contributed by atoms with Crippen molar-refractivity contribution >= 4 is 11.7 Å². The van der Waals surface area contributed by atoms with E-state index in [1.807, 2.05) is 39.0 Å². The van der Waals surface area contributed by atoms with E-state index in [9.17, 15) is 4.79 Å². The van der Waals surface area contributed by atoms with Crippen molar-refractivity contribution in [3.63, 3.8) is 0 Å². The second-order valence-electron chi connectivity index (χ2n) is 9.86. The highest BCUT2D eigenvalue weighted by atomic mass is 16.5. The van der Waals surface area contributed by atoms with Gasteiger partial charge in [-0.2, -0.15) is 0 Å². The van der Waals surface area contributed by atoms with Crippen LogP contribution in [0.4, 0.5) is 10.5 Å². The van der Waals surface area contributed by atoms with Gasteiger partial charge in [0.05, 0.1) is 31.7 Å². The predicted octanol–water partition coefficient (Wildman–Crippen LogP) is 5.15. The lowest BCUT2D eigenvalue weighted by Crippen LogP contribution is -2.52. The van der Waals surface area contributed by atoms with Crippen LogP contribution in [0.15, 0.2) is 54.5 Å². The molecular formula is C29H44N4O4. The maximum absolute atomic E-state index is 12.6. The summed E-state index contributed by atoms with van der Waals surface area (Å²) in [6.07, 6.45) is 10.2. The Balaban J connectivity index is 1.44. The van der Waals surface area contributed by atoms with Crippen LogP contribution in [0.3, 0.4) is 0 Å². The van der Waals surface area contributed by atoms with E-state index < -0.39 is 0 Å². The average Bonchev–Trinajstić information content (AvgIpc) is 2.91. The number of hydrogen-bond donors (Lipinski definition) is 2. The van der Waals surface area contributed by atoms with Gasteiger partial charge in [-0.3, -0.25) is 4.90 Å². The molecule has 0 unspecified atom stereocenters. The second-order valence-corrected chi connectivity index (χ2v) is 9.86. The van der Waals surface area contributed by atoms with Crippen molar-refractivity contribution in [2.24, 2.45) is 0 Å². The normalized spacial score (nSPS) is 21.1. The van der Waals surface area contributed by atoms with E-state index in [1.165, 1.54) is 0 Å². The fourth-order valence-electron chi connectivity index (χ4n) is 4.98. The molecule has 2 amide bonds. The number of carbonyl (C=O) groups is 1. The summed E-state index contributed by atoms with van der Waals surface area (Å²) in [5.74, 6) is 2.10. The van der Waals surface area contributed by atoms with Crippen molar-refractivity contribution in [1.82, 2.24) is 15.1 Å². The molecule has 0 atom stereocenters. The van der Waals surface area contributed by atoms with Crippen molar-refractivity contribution in [2.45, 2.75) is 64.6 Å². The number of ether oxygens (including phenoxy) is 3. The number of urea groups is 1. The van der Waals surface area contributed by atoms with Gasteiger partial charge in [-0.05, 0) is 64.7 Å². The number of hydrogen-bond acceptors (Lipinski definition) is 6. The number of amides is 2. The molecule has 8 nitrogen and oxygen atoms in total. The Kier molecular flexibility index (Phi) is 10.7. The quantitative estimate of drug-likeness (QED) is 0.334. The molecule has 0 spiro atoms. The van der Waals surface area contributed by atoms with Crippen LogP contribution >= 0.6 is 0 Å². The minimum Gasteiger partial charge on any atom is -0.497 e. The Morgan fingerprint density at radius 2 is 1.78 bits per heavy atom. The first kappa shape index (κ1) is 28.4. The van der Waals surface area contributed by atoms with Crippen LogP contribution in [-0.4, -0.2) is 74.4 Å². The number of anilines is 1. The minimum atomic E-state index is -0.204. The van der Waals surface area contributed by atoms with Crippen molar-refractivity contribution in [3.8, 4) is 11.5 Å². The molecule has 0 bridgehead atoms. The molecule has 0 aromatic heterocycles. The van der Waals surface area contributed by atoms with Gasteiger partial charge in [-0.15, -0.1) is 0 Å². The fraction of sp³-hybridized carbons (Fsp3) is 0.552. The SMILES string of the molecule is C=C(/C(=C\C=C/C)OC(C)C)N1CCN(C2CCC(NC(=O)Nc3ccc(OC)cc3OC)CC2)CC1. The molecule has 1 saturated carbocycles. The van der Waals surface area contributed by atoms with Crippen LogP contribution in [0.25, 0.3) is 0 Å². The lowest BCUT2D eigenvalue weighted by Gasteiger charge is -2.43. The summed E-state index contributed by atoms with van der Waals surface area (Å²) >= 11 is 0. The smallest absolute Gasteiger partial charge is 0.319 e. The molecule has 1 aromatic carbocycles. The first-order chi connectivity index (χ1) is 17.8. The van der Waals surface area contributed by atoms with Crippen molar-refractivity contribution in [1.29, 1.82) is 0 Å². The third kappa shape index (κ3) is 8.18. The molecule has 2 aliphatic rings. The van der Waals surface area contributed by atoms with Crippen LogP contribution in [0.5, 0.6) is 11.5 Å². The van der Waals surface area contributed by atoms with E-state index in [0.717, 1.165) is 63.3 Å². The number of nitrogens with zero attached hydrogens (tertiary/aromatic N) is 2. The highest BCUT2D eigenvalue weighted by Gasteiger charge is 2.30. The van der Waals surface area contributed by atoms with Crippen LogP contribution in [0.1, 0.15) is 46.5 Å². The van der Waals surface area contributed by atoms with Gasteiger partial charge < -0.3 is 29.7 Å². The van der Waals surface area contributed by atoms with Crippen LogP contribution in [0, 0.1) is 0 Å². The Labute approximate surface area is 222 Å². The zero-order chi connectivity index (χ0) is 26.8. The van der Waals surface area contributed by atoms with E-state index >= 15 is 0 Å². The van der Waals surface area contributed by atoms with Gasteiger partial charge in [0.15, 0.2) is 0 Å². The summed E-state index contributed by atoms with van der Waals surface area (Å²) in [4.78, 5) is 17.6. The van der Waals surface area contributed by atoms with Gasteiger partial charge in [0.2, 0.25) is 0 Å². The monoisotopic (exact) mass is 512 g/mol. The third-order valence-electron chi connectivity index (χ3n) is 6.99. The van der Waals surface area contributed by atoms with Crippen molar-refractivity contribution < 1.29 is 19.0 Å². The van der Waals surface area contributed by atoms with Gasteiger partial charge in [0.25, 0.3) is 0 Å². The molecule has 8 heteroatoms. The summed E-state index contributed by atoms with van der Waals surface area (Å²) in [6.45, 7) is 14.3.